The topological polar surface area (TPSA) is 64.8 Å². The Morgan fingerprint density at radius 1 is 1.16 bits per heavy atom. The molecule has 8 heteroatoms. The molecular formula is C17H22NO5PPd. The summed E-state index contributed by atoms with van der Waals surface area (Å²) in [6.07, 6.45) is 3.13. The molecule has 6 nitrogen and oxygen atoms in total. The summed E-state index contributed by atoms with van der Waals surface area (Å²) >= 11 is 0. The Morgan fingerprint density at radius 3 is 2.36 bits per heavy atom. The first-order valence-electron chi connectivity index (χ1n) is 7.07. The molecule has 0 radical (unpaired) electrons. The first-order chi connectivity index (χ1) is 11.2. The predicted molar refractivity (Wildman–Crippen MR) is 94.0 cm³/mol. The Morgan fingerprint density at radius 2 is 1.76 bits per heavy atom. The summed E-state index contributed by atoms with van der Waals surface area (Å²) < 4.78 is 16.4. The largest absolute Gasteiger partial charge is 0.466 e. The van der Waals surface area contributed by atoms with E-state index in [-0.39, 0.29) is 27.8 Å². The van der Waals surface area contributed by atoms with E-state index in [4.69, 9.17) is 4.74 Å². The van der Waals surface area contributed by atoms with Crippen LogP contribution in [0.25, 0.3) is 0 Å². The molecule has 0 saturated heterocycles. The van der Waals surface area contributed by atoms with Crippen molar-refractivity contribution >= 4 is 31.7 Å². The van der Waals surface area contributed by atoms with Crippen LogP contribution in [0.3, 0.4) is 0 Å². The van der Waals surface area contributed by atoms with Crippen LogP contribution in [0.2, 0.25) is 0 Å². The summed E-state index contributed by atoms with van der Waals surface area (Å²) in [6, 6.07) is 8.56. The van der Waals surface area contributed by atoms with Gasteiger partial charge in [-0.2, -0.15) is 4.58 Å². The minimum atomic E-state index is -0.578. The molecule has 0 aliphatic carbocycles. The van der Waals surface area contributed by atoms with Crippen LogP contribution >= 0.6 is 8.58 Å². The second-order valence-corrected chi connectivity index (χ2v) is 5.89. The van der Waals surface area contributed by atoms with Crippen molar-refractivity contribution in [1.82, 2.24) is 0 Å². The molecule has 3 rings (SSSR count). The Labute approximate surface area is 163 Å². The van der Waals surface area contributed by atoms with Crippen molar-refractivity contribution in [3.05, 3.63) is 49.4 Å². The molecule has 0 spiro atoms. The van der Waals surface area contributed by atoms with E-state index in [1.807, 2.05) is 0 Å². The normalized spacial score (nSPS) is 14.8. The van der Waals surface area contributed by atoms with E-state index in [2.05, 4.69) is 38.3 Å². The first-order valence-corrected chi connectivity index (χ1v) is 8.28. The van der Waals surface area contributed by atoms with Crippen LogP contribution in [0.15, 0.2) is 36.4 Å². The molecule has 2 heterocycles. The van der Waals surface area contributed by atoms with Crippen LogP contribution in [0.4, 0.5) is 0 Å². The van der Waals surface area contributed by atoms with Crippen LogP contribution in [0.5, 0.6) is 0 Å². The summed E-state index contributed by atoms with van der Waals surface area (Å²) in [5, 5.41) is 1.45. The summed E-state index contributed by atoms with van der Waals surface area (Å²) in [5.41, 5.74) is 1.31. The molecule has 1 aromatic rings. The standard InChI is InChI=1S/C10H11NOP.C6H8O4.CH3.Pd/c1-2-4-9-8(3-1)10-11(7-13-9)5-6-12-10;1-9-5(7)3-4-6(8)10-2;;/h1-4,13H,5-7H2;3-4H,1-2H3;1H3;/q+1;;-1;/b;4-3+;;. The van der Waals surface area contributed by atoms with Crippen molar-refractivity contribution in [2.75, 3.05) is 33.7 Å². The van der Waals surface area contributed by atoms with E-state index in [1.54, 1.807) is 0 Å². The molecule has 0 N–H and O–H groups in total. The summed E-state index contributed by atoms with van der Waals surface area (Å²) in [7, 11) is 3.36. The number of nitrogens with zero attached hydrogens (tertiary/aromatic N) is 1. The minimum absolute atomic E-state index is 0. The fourth-order valence-electron chi connectivity index (χ4n) is 2.12. The SMILES string of the molecule is COC(=O)/C=C/C(=O)OC.[CH3-].[Pd].c1ccc2c(c1)PC[N+]1=C2OCC1. The van der Waals surface area contributed by atoms with Gasteiger partial charge in [0.2, 0.25) is 0 Å². The van der Waals surface area contributed by atoms with E-state index in [0.717, 1.165) is 46.1 Å². The van der Waals surface area contributed by atoms with Crippen LogP contribution < -0.4 is 5.30 Å². The molecule has 2 aliphatic rings. The Balaban J connectivity index is 0.000000444. The van der Waals surface area contributed by atoms with Gasteiger partial charge in [0.05, 0.1) is 19.8 Å². The van der Waals surface area contributed by atoms with Crippen LogP contribution in [-0.4, -0.2) is 56.1 Å². The molecule has 0 amide bonds. The third-order valence-electron chi connectivity index (χ3n) is 3.26. The Kier molecular flexibility index (Phi) is 11.2. The van der Waals surface area contributed by atoms with Crippen molar-refractivity contribution in [3.63, 3.8) is 0 Å². The van der Waals surface area contributed by atoms with Crippen molar-refractivity contribution in [2.45, 2.75) is 0 Å². The zero-order chi connectivity index (χ0) is 16.7. The number of carbonyl (C=O) groups excluding carboxylic acids is 2. The maximum Gasteiger partial charge on any atom is 0.371 e. The Bertz CT molecular complexity index is 642. The maximum atomic E-state index is 10.3. The third-order valence-corrected chi connectivity index (χ3v) is 4.62. The monoisotopic (exact) mass is 457 g/mol. The number of benzene rings is 1. The van der Waals surface area contributed by atoms with Crippen LogP contribution in [0, 0.1) is 7.43 Å². The number of methoxy groups -OCH3 is 2. The number of ether oxygens (including phenoxy) is 3. The molecule has 1 unspecified atom stereocenters. The van der Waals surface area contributed by atoms with Gasteiger partial charge >= 0.3 is 17.8 Å². The van der Waals surface area contributed by atoms with Crippen molar-refractivity contribution in [2.24, 2.45) is 0 Å². The average Bonchev–Trinajstić information content (AvgIpc) is 3.09. The smallest absolute Gasteiger partial charge is 0.371 e. The molecule has 25 heavy (non-hydrogen) atoms. The second-order valence-electron chi connectivity index (χ2n) is 4.68. The van der Waals surface area contributed by atoms with Gasteiger partial charge in [-0.05, 0) is 20.0 Å². The first kappa shape index (κ1) is 23.5. The fraction of sp³-hybridized carbons (Fsp3) is 0.294. The van der Waals surface area contributed by atoms with E-state index >= 15 is 0 Å². The molecule has 0 saturated carbocycles. The van der Waals surface area contributed by atoms with Crippen molar-refractivity contribution in [3.8, 4) is 0 Å². The zero-order valence-corrected chi connectivity index (χ0v) is 16.9. The van der Waals surface area contributed by atoms with E-state index < -0.39 is 11.9 Å². The van der Waals surface area contributed by atoms with Crippen molar-refractivity contribution in [1.29, 1.82) is 0 Å². The molecular weight excluding hydrogens is 436 g/mol. The van der Waals surface area contributed by atoms with E-state index in [0.29, 0.717) is 0 Å². The Hall–Kier alpha value is -1.54. The fourth-order valence-corrected chi connectivity index (χ4v) is 3.38. The van der Waals surface area contributed by atoms with E-state index in [9.17, 15) is 9.59 Å². The molecule has 1 atom stereocenters. The summed E-state index contributed by atoms with van der Waals surface area (Å²) in [5.74, 6) is -0.0508. The molecule has 0 fully saturated rings. The second kappa shape index (κ2) is 11.9. The van der Waals surface area contributed by atoms with Crippen molar-refractivity contribution < 1.29 is 48.8 Å². The van der Waals surface area contributed by atoms with Gasteiger partial charge in [0.1, 0.15) is 0 Å². The van der Waals surface area contributed by atoms with Gasteiger partial charge in [-0.15, -0.1) is 0 Å². The summed E-state index contributed by atoms with van der Waals surface area (Å²) in [4.78, 5) is 20.6. The zero-order valence-electron chi connectivity index (χ0n) is 14.4. The van der Waals surface area contributed by atoms with Gasteiger partial charge in [0.25, 0.3) is 0 Å². The molecule has 1 aromatic carbocycles. The number of rotatable bonds is 2. The van der Waals surface area contributed by atoms with Gasteiger partial charge in [0.15, 0.2) is 19.4 Å². The average molecular weight is 458 g/mol. The summed E-state index contributed by atoms with van der Waals surface area (Å²) in [6.45, 7) is 1.92. The molecule has 140 valence electrons. The third kappa shape index (κ3) is 6.70. The minimum Gasteiger partial charge on any atom is -0.466 e. The number of hydrogen-bond acceptors (Lipinski definition) is 5. The van der Waals surface area contributed by atoms with Crippen LogP contribution in [-0.2, 0) is 44.2 Å². The molecule has 0 aromatic heterocycles. The number of esters is 2. The maximum absolute atomic E-state index is 10.3. The van der Waals surface area contributed by atoms with Gasteiger partial charge < -0.3 is 21.6 Å². The number of hydrogen-bond donors (Lipinski definition) is 0. The molecule has 2 aliphatic heterocycles. The number of fused-ring (bicyclic) bond motifs is 2. The van der Waals surface area contributed by atoms with Gasteiger partial charge in [-0.3, -0.25) is 0 Å². The quantitative estimate of drug-likeness (QED) is 0.166. The van der Waals surface area contributed by atoms with Gasteiger partial charge in [-0.1, -0.05) is 18.2 Å². The molecule has 0 bridgehead atoms. The number of carbonyl (C=O) groups is 2. The van der Waals surface area contributed by atoms with E-state index in [1.165, 1.54) is 25.1 Å². The van der Waals surface area contributed by atoms with Crippen LogP contribution in [0.1, 0.15) is 5.56 Å². The predicted octanol–water partition coefficient (Wildman–Crippen LogP) is 1.09. The van der Waals surface area contributed by atoms with Gasteiger partial charge in [-0.25, -0.2) is 9.59 Å². The van der Waals surface area contributed by atoms with Gasteiger partial charge in [0, 0.05) is 32.6 Å².